The lowest BCUT2D eigenvalue weighted by Crippen LogP contribution is -2.22. The lowest BCUT2D eigenvalue weighted by atomic mass is 10.0. The minimum Gasteiger partial charge on any atom is -0.480 e. The zero-order valence-electron chi connectivity index (χ0n) is 19.7. The van der Waals surface area contributed by atoms with Crippen molar-refractivity contribution in [3.05, 3.63) is 81.1 Å². The predicted molar refractivity (Wildman–Crippen MR) is 138 cm³/mol. The molecule has 2 aromatic carbocycles. The molecule has 4 rings (SSSR count). The second-order valence-electron chi connectivity index (χ2n) is 8.85. The summed E-state index contributed by atoms with van der Waals surface area (Å²) >= 11 is 6.18. The molecular formula is C26H27ClFN5O3. The third-order valence-corrected chi connectivity index (χ3v) is 6.11. The first-order valence-electron chi connectivity index (χ1n) is 11.6. The van der Waals surface area contributed by atoms with Gasteiger partial charge >= 0.3 is 11.7 Å². The van der Waals surface area contributed by atoms with Crippen LogP contribution >= 0.6 is 11.6 Å². The number of H-pyrrole nitrogens is 1. The van der Waals surface area contributed by atoms with Gasteiger partial charge in [-0.1, -0.05) is 23.7 Å². The largest absolute Gasteiger partial charge is 0.480 e. The number of carboxylic acid groups (broad SMARTS) is 1. The van der Waals surface area contributed by atoms with Crippen LogP contribution in [-0.2, 0) is 17.8 Å². The van der Waals surface area contributed by atoms with E-state index in [2.05, 4.69) is 15.3 Å². The van der Waals surface area contributed by atoms with Gasteiger partial charge in [-0.05, 0) is 67.6 Å². The van der Waals surface area contributed by atoms with Gasteiger partial charge in [-0.3, -0.25) is 9.36 Å². The normalized spacial score (nSPS) is 12.2. The number of nitrogens with zero attached hydrogens (tertiary/aromatic N) is 2. The fourth-order valence-corrected chi connectivity index (χ4v) is 4.27. The minimum absolute atomic E-state index is 0.0347. The summed E-state index contributed by atoms with van der Waals surface area (Å²) in [4.78, 5) is 30.5. The number of rotatable bonds is 10. The molecule has 0 radical (unpaired) electrons. The summed E-state index contributed by atoms with van der Waals surface area (Å²) in [6.45, 7) is 2.20. The second-order valence-corrected chi connectivity index (χ2v) is 9.26. The maximum atomic E-state index is 14.9. The molecule has 0 aliphatic heterocycles. The van der Waals surface area contributed by atoms with Gasteiger partial charge in [0.25, 0.3) is 0 Å². The van der Waals surface area contributed by atoms with E-state index in [9.17, 15) is 14.0 Å². The number of carboxylic acids is 1. The molecule has 0 spiro atoms. The maximum absolute atomic E-state index is 14.9. The zero-order valence-corrected chi connectivity index (χ0v) is 20.5. The number of benzene rings is 2. The minimum atomic E-state index is -0.932. The van der Waals surface area contributed by atoms with Gasteiger partial charge in [0.05, 0.1) is 22.9 Å². The Kier molecular flexibility index (Phi) is 7.83. The molecule has 0 bridgehead atoms. The fraction of sp³-hybridized carbons (Fsp3) is 0.269. The summed E-state index contributed by atoms with van der Waals surface area (Å²) in [7, 11) is 0. The SMILES string of the molecule is C[C@H](N)CCCc1cc(Cl)c(F)c(-c2cc3cn(-c4ccc(CNCC(=O)O)cc4)c(=O)nc3[nH]2)c1. The molecule has 2 aromatic heterocycles. The third kappa shape index (κ3) is 5.99. The van der Waals surface area contributed by atoms with E-state index in [4.69, 9.17) is 22.4 Å². The molecule has 0 aliphatic carbocycles. The van der Waals surface area contributed by atoms with Crippen LogP contribution in [0.3, 0.4) is 0 Å². The molecule has 1 atom stereocenters. The number of fused-ring (bicyclic) bond motifs is 1. The number of halogens is 2. The summed E-state index contributed by atoms with van der Waals surface area (Å²) in [5.41, 5.74) is 8.85. The van der Waals surface area contributed by atoms with Crippen LogP contribution in [0.15, 0.2) is 53.5 Å². The molecule has 0 fully saturated rings. The topological polar surface area (TPSA) is 126 Å². The number of nitrogens with one attached hydrogen (secondary N) is 2. The van der Waals surface area contributed by atoms with E-state index in [1.807, 2.05) is 6.92 Å². The first kappa shape index (κ1) is 25.6. The standard InChI is InChI=1S/C26H27ClFN5O3/c1-15(29)3-2-4-17-9-20(24(28)21(27)10-17)22-11-18-14-33(26(36)32-25(18)31-22)19-7-5-16(6-8-19)12-30-13-23(34)35/h5-11,14-15,30H,2-4,12-13,29H2,1H3,(H,34,35)(H,31,32,36)/t15-/m0/s1. The quantitative estimate of drug-likeness (QED) is 0.255. The van der Waals surface area contributed by atoms with E-state index in [1.165, 1.54) is 4.57 Å². The maximum Gasteiger partial charge on any atom is 0.354 e. The molecular weight excluding hydrogens is 485 g/mol. The van der Waals surface area contributed by atoms with Crippen LogP contribution in [-0.4, -0.2) is 38.2 Å². The summed E-state index contributed by atoms with van der Waals surface area (Å²) in [6, 6.07) is 12.3. The van der Waals surface area contributed by atoms with Crippen LogP contribution in [0, 0.1) is 5.82 Å². The Labute approximate surface area is 211 Å². The molecule has 36 heavy (non-hydrogen) atoms. The van der Waals surface area contributed by atoms with Crippen molar-refractivity contribution in [3.63, 3.8) is 0 Å². The highest BCUT2D eigenvalue weighted by molar-refractivity contribution is 6.31. The number of aryl methyl sites for hydroxylation is 1. The van der Waals surface area contributed by atoms with Gasteiger partial charge in [0, 0.05) is 29.7 Å². The molecule has 10 heteroatoms. The fourth-order valence-electron chi connectivity index (χ4n) is 4.03. The van der Waals surface area contributed by atoms with E-state index >= 15 is 0 Å². The van der Waals surface area contributed by atoms with Crippen molar-refractivity contribution in [3.8, 4) is 16.9 Å². The van der Waals surface area contributed by atoms with Crippen molar-refractivity contribution in [1.82, 2.24) is 19.9 Å². The van der Waals surface area contributed by atoms with Gasteiger partial charge in [-0.25, -0.2) is 9.18 Å². The van der Waals surface area contributed by atoms with E-state index in [1.54, 1.807) is 48.7 Å². The first-order chi connectivity index (χ1) is 17.2. The number of aromatic amines is 1. The van der Waals surface area contributed by atoms with E-state index in [-0.39, 0.29) is 17.6 Å². The molecule has 8 nitrogen and oxygen atoms in total. The van der Waals surface area contributed by atoms with Crippen LogP contribution in [0.1, 0.15) is 30.9 Å². The van der Waals surface area contributed by atoms with Crippen LogP contribution in [0.4, 0.5) is 4.39 Å². The van der Waals surface area contributed by atoms with E-state index in [0.29, 0.717) is 34.5 Å². The second kappa shape index (κ2) is 11.0. The van der Waals surface area contributed by atoms with Crippen molar-refractivity contribution in [2.45, 2.75) is 38.8 Å². The lowest BCUT2D eigenvalue weighted by Gasteiger charge is -2.09. The van der Waals surface area contributed by atoms with Crippen LogP contribution in [0.5, 0.6) is 0 Å². The first-order valence-corrected chi connectivity index (χ1v) is 12.0. The highest BCUT2D eigenvalue weighted by Gasteiger charge is 2.15. The summed E-state index contributed by atoms with van der Waals surface area (Å²) < 4.78 is 16.3. The van der Waals surface area contributed by atoms with E-state index < -0.39 is 17.5 Å². The Hall–Kier alpha value is -3.53. The Bertz CT molecular complexity index is 1450. The Balaban J connectivity index is 1.62. The molecule has 2 heterocycles. The van der Waals surface area contributed by atoms with Crippen LogP contribution in [0.2, 0.25) is 5.02 Å². The smallest absolute Gasteiger partial charge is 0.354 e. The van der Waals surface area contributed by atoms with Gasteiger partial charge in [0.2, 0.25) is 0 Å². The Morgan fingerprint density at radius 1 is 1.25 bits per heavy atom. The number of aromatic nitrogens is 3. The monoisotopic (exact) mass is 511 g/mol. The average molecular weight is 512 g/mol. The highest BCUT2D eigenvalue weighted by Crippen LogP contribution is 2.31. The van der Waals surface area contributed by atoms with E-state index in [0.717, 1.165) is 30.4 Å². The van der Waals surface area contributed by atoms with Crippen molar-refractivity contribution < 1.29 is 14.3 Å². The van der Waals surface area contributed by atoms with Crippen molar-refractivity contribution in [1.29, 1.82) is 0 Å². The number of nitrogens with two attached hydrogens (primary N) is 1. The number of hydrogen-bond donors (Lipinski definition) is 4. The van der Waals surface area contributed by atoms with Crippen molar-refractivity contribution >= 4 is 28.6 Å². The van der Waals surface area contributed by atoms with Gasteiger partial charge in [-0.2, -0.15) is 4.98 Å². The molecule has 4 aromatic rings. The molecule has 188 valence electrons. The van der Waals surface area contributed by atoms with Gasteiger partial charge < -0.3 is 21.1 Å². The summed E-state index contributed by atoms with van der Waals surface area (Å²) in [5, 5.41) is 12.2. The lowest BCUT2D eigenvalue weighted by molar-refractivity contribution is -0.136. The molecule has 0 amide bonds. The Morgan fingerprint density at radius 3 is 2.69 bits per heavy atom. The third-order valence-electron chi connectivity index (χ3n) is 5.83. The Morgan fingerprint density at radius 2 is 2.00 bits per heavy atom. The molecule has 0 aliphatic rings. The number of aliphatic carboxylic acids is 1. The average Bonchev–Trinajstić information content (AvgIpc) is 3.23. The molecule has 0 saturated heterocycles. The molecule has 0 saturated carbocycles. The molecule has 5 N–H and O–H groups in total. The highest BCUT2D eigenvalue weighted by atomic mass is 35.5. The number of carbonyl (C=O) groups is 1. The van der Waals surface area contributed by atoms with Gasteiger partial charge in [0.1, 0.15) is 5.65 Å². The number of hydrogen-bond acceptors (Lipinski definition) is 5. The van der Waals surface area contributed by atoms with Gasteiger partial charge in [0.15, 0.2) is 5.82 Å². The van der Waals surface area contributed by atoms with Crippen molar-refractivity contribution in [2.24, 2.45) is 5.73 Å². The predicted octanol–water partition coefficient (Wildman–Crippen LogP) is 4.02. The zero-order chi connectivity index (χ0) is 25.8. The van der Waals surface area contributed by atoms with Crippen LogP contribution < -0.4 is 16.7 Å². The van der Waals surface area contributed by atoms with Crippen molar-refractivity contribution in [2.75, 3.05) is 6.54 Å². The summed E-state index contributed by atoms with van der Waals surface area (Å²) in [6.07, 6.45) is 4.09. The van der Waals surface area contributed by atoms with Gasteiger partial charge in [-0.15, -0.1) is 0 Å². The summed E-state index contributed by atoms with van der Waals surface area (Å²) in [5.74, 6) is -1.47. The molecule has 0 unspecified atom stereocenters. The van der Waals surface area contributed by atoms with Crippen LogP contribution in [0.25, 0.3) is 28.0 Å².